The lowest BCUT2D eigenvalue weighted by molar-refractivity contribution is 0.0691. The minimum Gasteiger partial charge on any atom is -0.478 e. The fourth-order valence-electron chi connectivity index (χ4n) is 1.70. The summed E-state index contributed by atoms with van der Waals surface area (Å²) in [6.07, 6.45) is 1.43. The van der Waals surface area contributed by atoms with Crippen LogP contribution in [0, 0.1) is 6.92 Å². The topological polar surface area (TPSA) is 117 Å². The van der Waals surface area contributed by atoms with E-state index in [0.717, 1.165) is 4.31 Å². The molecule has 0 aromatic carbocycles. The van der Waals surface area contributed by atoms with Gasteiger partial charge >= 0.3 is 5.97 Å². The predicted octanol–water partition coefficient (Wildman–Crippen LogP) is 0.830. The number of rotatable bonds is 5. The van der Waals surface area contributed by atoms with Crippen molar-refractivity contribution < 1.29 is 22.7 Å². The van der Waals surface area contributed by atoms with Gasteiger partial charge in [0.1, 0.15) is 11.3 Å². The number of furan rings is 1. The van der Waals surface area contributed by atoms with Crippen molar-refractivity contribution in [1.29, 1.82) is 0 Å². The van der Waals surface area contributed by atoms with Gasteiger partial charge in [-0.3, -0.25) is 5.10 Å². The summed E-state index contributed by atoms with van der Waals surface area (Å²) in [6.45, 7) is 1.43. The third-order valence-electron chi connectivity index (χ3n) is 2.74. The number of aromatic amines is 1. The number of nitrogens with zero attached hydrogens (tertiary/aromatic N) is 2. The van der Waals surface area contributed by atoms with Crippen LogP contribution >= 0.6 is 0 Å². The van der Waals surface area contributed by atoms with Gasteiger partial charge in [0.05, 0.1) is 12.8 Å². The molecule has 2 aromatic heterocycles. The Bertz CT molecular complexity index is 717. The lowest BCUT2D eigenvalue weighted by Gasteiger charge is -2.14. The zero-order chi connectivity index (χ0) is 14.9. The summed E-state index contributed by atoms with van der Waals surface area (Å²) >= 11 is 0. The molecule has 0 aliphatic rings. The number of carboxylic acids is 1. The second-order valence-corrected chi connectivity index (χ2v) is 6.13. The summed E-state index contributed by atoms with van der Waals surface area (Å²) in [4.78, 5) is 11.1. The van der Waals surface area contributed by atoms with Gasteiger partial charge in [-0.15, -0.1) is 0 Å². The van der Waals surface area contributed by atoms with Crippen molar-refractivity contribution in [2.75, 3.05) is 7.05 Å². The number of hydrogen-bond acceptors (Lipinski definition) is 5. The van der Waals surface area contributed by atoms with Crippen molar-refractivity contribution in [3.63, 3.8) is 0 Å². The van der Waals surface area contributed by atoms with E-state index in [-0.39, 0.29) is 17.8 Å². The molecule has 108 valence electrons. The predicted molar refractivity (Wildman–Crippen MR) is 67.6 cm³/mol. The second-order valence-electron chi connectivity index (χ2n) is 4.17. The smallest absolute Gasteiger partial charge is 0.340 e. The van der Waals surface area contributed by atoms with Crippen LogP contribution < -0.4 is 0 Å². The van der Waals surface area contributed by atoms with Gasteiger partial charge in [-0.1, -0.05) is 0 Å². The fourth-order valence-corrected chi connectivity index (χ4v) is 2.95. The molecule has 0 aliphatic heterocycles. The number of carboxylic acid groups (broad SMARTS) is 1. The molecule has 0 atom stereocenters. The number of H-pyrrole nitrogens is 1. The summed E-state index contributed by atoms with van der Waals surface area (Å²) in [6, 6.07) is 3.26. The first kappa shape index (κ1) is 14.3. The minimum atomic E-state index is -4.02. The highest BCUT2D eigenvalue weighted by Gasteiger charge is 2.31. The van der Waals surface area contributed by atoms with Crippen molar-refractivity contribution >= 4 is 16.0 Å². The molecule has 0 saturated carbocycles. The standard InChI is InChI=1S/C11H13N3O5S/c1-7-9(11(15)16)10(13-12-7)20(17,18)14(2)6-8-4-3-5-19-8/h3-5H,6H2,1-2H3,(H,12,13)(H,15,16). The van der Waals surface area contributed by atoms with Crippen LogP contribution in [-0.4, -0.2) is 41.0 Å². The zero-order valence-electron chi connectivity index (χ0n) is 10.8. The molecule has 20 heavy (non-hydrogen) atoms. The Kier molecular flexibility index (Phi) is 3.64. The summed E-state index contributed by atoms with van der Waals surface area (Å²) in [7, 11) is -2.69. The normalized spacial score (nSPS) is 11.9. The van der Waals surface area contributed by atoms with Crippen LogP contribution in [-0.2, 0) is 16.6 Å². The van der Waals surface area contributed by atoms with E-state index in [2.05, 4.69) is 10.2 Å². The van der Waals surface area contributed by atoms with Crippen LogP contribution in [0.1, 0.15) is 21.8 Å². The molecule has 0 amide bonds. The third kappa shape index (κ3) is 2.45. The number of aromatic carboxylic acids is 1. The highest BCUT2D eigenvalue weighted by Crippen LogP contribution is 2.21. The molecule has 9 heteroatoms. The largest absolute Gasteiger partial charge is 0.478 e. The average molecular weight is 299 g/mol. The van der Waals surface area contributed by atoms with Gasteiger partial charge in [0, 0.05) is 12.7 Å². The van der Waals surface area contributed by atoms with E-state index in [4.69, 9.17) is 9.52 Å². The maximum atomic E-state index is 12.3. The molecule has 8 nitrogen and oxygen atoms in total. The van der Waals surface area contributed by atoms with E-state index in [1.807, 2.05) is 0 Å². The maximum Gasteiger partial charge on any atom is 0.340 e. The highest BCUT2D eigenvalue weighted by molar-refractivity contribution is 7.89. The van der Waals surface area contributed by atoms with Crippen LogP contribution in [0.2, 0.25) is 0 Å². The summed E-state index contributed by atoms with van der Waals surface area (Å²) in [5, 5.41) is 14.5. The van der Waals surface area contributed by atoms with E-state index >= 15 is 0 Å². The van der Waals surface area contributed by atoms with Crippen molar-refractivity contribution in [3.05, 3.63) is 35.4 Å². The average Bonchev–Trinajstić information content (AvgIpc) is 2.98. The van der Waals surface area contributed by atoms with E-state index in [0.29, 0.717) is 5.76 Å². The molecular weight excluding hydrogens is 286 g/mol. The quantitative estimate of drug-likeness (QED) is 0.844. The fraction of sp³-hybridized carbons (Fsp3) is 0.273. The van der Waals surface area contributed by atoms with E-state index in [1.54, 1.807) is 12.1 Å². The van der Waals surface area contributed by atoms with Gasteiger partial charge in [0.25, 0.3) is 10.0 Å². The van der Waals surface area contributed by atoms with Crippen LogP contribution in [0.5, 0.6) is 0 Å². The zero-order valence-corrected chi connectivity index (χ0v) is 11.6. The number of aryl methyl sites for hydroxylation is 1. The van der Waals surface area contributed by atoms with Gasteiger partial charge < -0.3 is 9.52 Å². The molecule has 2 rings (SSSR count). The van der Waals surface area contributed by atoms with Crippen molar-refractivity contribution in [3.8, 4) is 0 Å². The van der Waals surface area contributed by atoms with Crippen molar-refractivity contribution in [2.45, 2.75) is 18.5 Å². The second kappa shape index (κ2) is 5.10. The molecular formula is C11H13N3O5S. The Morgan fingerprint density at radius 1 is 1.55 bits per heavy atom. The van der Waals surface area contributed by atoms with Crippen molar-refractivity contribution in [2.24, 2.45) is 0 Å². The molecule has 2 heterocycles. The first-order chi connectivity index (χ1) is 9.34. The minimum absolute atomic E-state index is 0.0136. The Morgan fingerprint density at radius 2 is 2.25 bits per heavy atom. The number of hydrogen-bond donors (Lipinski definition) is 2. The van der Waals surface area contributed by atoms with Gasteiger partial charge in [-0.05, 0) is 19.1 Å². The van der Waals surface area contributed by atoms with Crippen LogP contribution in [0.15, 0.2) is 27.8 Å². The SMILES string of the molecule is Cc1[nH]nc(S(=O)(=O)N(C)Cc2ccco2)c1C(=O)O. The van der Waals surface area contributed by atoms with Crippen LogP contribution in [0.25, 0.3) is 0 Å². The molecule has 2 aromatic rings. The first-order valence-corrected chi connectivity index (χ1v) is 7.05. The molecule has 0 radical (unpaired) electrons. The van der Waals surface area contributed by atoms with Crippen LogP contribution in [0.3, 0.4) is 0 Å². The molecule has 0 bridgehead atoms. The molecule has 0 fully saturated rings. The maximum absolute atomic E-state index is 12.3. The Balaban J connectivity index is 2.38. The van der Waals surface area contributed by atoms with Crippen LogP contribution in [0.4, 0.5) is 0 Å². The Hall–Kier alpha value is -2.13. The Morgan fingerprint density at radius 3 is 2.80 bits per heavy atom. The molecule has 0 saturated heterocycles. The van der Waals surface area contributed by atoms with E-state index in [9.17, 15) is 13.2 Å². The number of nitrogens with one attached hydrogen (secondary N) is 1. The third-order valence-corrected chi connectivity index (χ3v) is 4.47. The first-order valence-electron chi connectivity index (χ1n) is 5.61. The summed E-state index contributed by atoms with van der Waals surface area (Å²) in [5.41, 5.74) is -0.168. The van der Waals surface area contributed by atoms with Gasteiger partial charge in [-0.2, -0.15) is 9.40 Å². The molecule has 0 aliphatic carbocycles. The summed E-state index contributed by atoms with van der Waals surface area (Å²) < 4.78 is 30.7. The van der Waals surface area contributed by atoms with Gasteiger partial charge in [-0.25, -0.2) is 13.2 Å². The lowest BCUT2D eigenvalue weighted by atomic mass is 10.3. The number of carbonyl (C=O) groups is 1. The highest BCUT2D eigenvalue weighted by atomic mass is 32.2. The molecule has 0 spiro atoms. The van der Waals surface area contributed by atoms with Gasteiger partial charge in [0.2, 0.25) is 5.03 Å². The lowest BCUT2D eigenvalue weighted by Crippen LogP contribution is -2.28. The van der Waals surface area contributed by atoms with E-state index in [1.165, 1.54) is 20.2 Å². The molecule has 2 N–H and O–H groups in total. The molecule has 0 unspecified atom stereocenters. The summed E-state index contributed by atoms with van der Waals surface area (Å²) in [5.74, 6) is -0.901. The van der Waals surface area contributed by atoms with E-state index < -0.39 is 21.0 Å². The van der Waals surface area contributed by atoms with Crippen molar-refractivity contribution in [1.82, 2.24) is 14.5 Å². The number of sulfonamides is 1. The monoisotopic (exact) mass is 299 g/mol. The number of aromatic nitrogens is 2. The Labute approximate surface area is 115 Å². The van der Waals surface area contributed by atoms with Gasteiger partial charge in [0.15, 0.2) is 0 Å².